The van der Waals surface area contributed by atoms with E-state index in [-0.39, 0.29) is 37.9 Å². The second-order valence-corrected chi connectivity index (χ2v) is 12.7. The van der Waals surface area contributed by atoms with E-state index in [9.17, 15) is 14.7 Å². The van der Waals surface area contributed by atoms with E-state index in [2.05, 4.69) is 65.4 Å². The molecule has 2 amide bonds. The molecule has 256 valence electrons. The van der Waals surface area contributed by atoms with Crippen LogP contribution in [0.25, 0.3) is 11.1 Å². The molecule has 3 aromatic rings. The normalized spacial score (nSPS) is 21.2. The average Bonchev–Trinajstić information content (AvgIpc) is 3.66. The lowest BCUT2D eigenvalue weighted by Crippen LogP contribution is -2.47. The van der Waals surface area contributed by atoms with E-state index in [0.29, 0.717) is 12.6 Å². The Morgan fingerprint density at radius 1 is 0.958 bits per heavy atom. The predicted octanol–water partition coefficient (Wildman–Crippen LogP) is 6.43. The number of aliphatic hydroxyl groups excluding tert-OH is 1. The van der Waals surface area contributed by atoms with E-state index in [1.54, 1.807) is 6.92 Å². The van der Waals surface area contributed by atoms with Gasteiger partial charge in [-0.05, 0) is 53.6 Å². The van der Waals surface area contributed by atoms with Crippen molar-refractivity contribution in [2.75, 3.05) is 26.2 Å². The summed E-state index contributed by atoms with van der Waals surface area (Å²) in [5.41, 5.74) is 5.87. The van der Waals surface area contributed by atoms with Crippen LogP contribution >= 0.6 is 0 Å². The van der Waals surface area contributed by atoms with Crippen LogP contribution in [0.3, 0.4) is 0 Å². The van der Waals surface area contributed by atoms with Crippen molar-refractivity contribution in [2.45, 2.75) is 77.2 Å². The van der Waals surface area contributed by atoms with Gasteiger partial charge < -0.3 is 30.0 Å². The Kier molecular flexibility index (Phi) is 12.8. The first-order valence-electron chi connectivity index (χ1n) is 17.1. The van der Waals surface area contributed by atoms with E-state index < -0.39 is 18.3 Å². The molecule has 1 saturated carbocycles. The molecule has 1 saturated heterocycles. The van der Waals surface area contributed by atoms with Crippen LogP contribution in [0.4, 0.5) is 4.79 Å². The fourth-order valence-corrected chi connectivity index (χ4v) is 6.67. The van der Waals surface area contributed by atoms with E-state index in [1.165, 1.54) is 25.7 Å². The van der Waals surface area contributed by atoms with Crippen molar-refractivity contribution >= 4 is 12.0 Å². The van der Waals surface area contributed by atoms with Crippen LogP contribution in [-0.4, -0.2) is 60.4 Å². The number of esters is 1. The van der Waals surface area contributed by atoms with Crippen LogP contribution in [0.5, 0.6) is 0 Å². The molecule has 3 aromatic carbocycles. The van der Waals surface area contributed by atoms with Crippen molar-refractivity contribution in [2.24, 2.45) is 5.92 Å². The molecule has 9 heteroatoms. The number of benzene rings is 3. The van der Waals surface area contributed by atoms with Gasteiger partial charge >= 0.3 is 12.0 Å². The zero-order valence-corrected chi connectivity index (χ0v) is 28.1. The highest BCUT2D eigenvalue weighted by atomic mass is 16.7. The highest BCUT2D eigenvalue weighted by molar-refractivity contribution is 5.80. The van der Waals surface area contributed by atoms with Gasteiger partial charge in [-0.15, -0.1) is 6.58 Å². The lowest BCUT2D eigenvalue weighted by Gasteiger charge is -2.43. The number of amides is 2. The Bertz CT molecular complexity index is 1490. The zero-order valence-electron chi connectivity index (χ0n) is 28.1. The maximum atomic E-state index is 12.1. The van der Waals surface area contributed by atoms with Crippen molar-refractivity contribution in [1.82, 2.24) is 15.5 Å². The fourth-order valence-electron chi connectivity index (χ4n) is 6.67. The van der Waals surface area contributed by atoms with Crippen LogP contribution in [0.1, 0.15) is 74.2 Å². The van der Waals surface area contributed by atoms with Crippen molar-refractivity contribution in [3.63, 3.8) is 0 Å². The molecular weight excluding hydrogens is 606 g/mol. The van der Waals surface area contributed by atoms with Crippen LogP contribution < -0.4 is 10.6 Å². The number of nitrogens with zero attached hydrogens (tertiary/aromatic N) is 1. The lowest BCUT2D eigenvalue weighted by atomic mass is 9.89. The SMILES string of the molecule is C=CCN(C[C@@H]1O[C@H](c2ccc(-c3cccc(CNC(=O)NCC(=O)OCC)c3)cc2)O[C@H](c2ccc(CO)cc2)[C@@H]1C)C1CCCC1. The largest absolute Gasteiger partial charge is 0.465 e. The summed E-state index contributed by atoms with van der Waals surface area (Å²) < 4.78 is 18.3. The van der Waals surface area contributed by atoms with Gasteiger partial charge in [0.25, 0.3) is 0 Å². The lowest BCUT2D eigenvalue weighted by molar-refractivity contribution is -0.276. The molecular formula is C39H49N3O6. The quantitative estimate of drug-likeness (QED) is 0.136. The van der Waals surface area contributed by atoms with Gasteiger partial charge in [0.15, 0.2) is 6.29 Å². The smallest absolute Gasteiger partial charge is 0.325 e. The third-order valence-electron chi connectivity index (χ3n) is 9.34. The number of aliphatic hydroxyl groups is 1. The number of urea groups is 1. The highest BCUT2D eigenvalue weighted by Gasteiger charge is 2.40. The Morgan fingerprint density at radius 3 is 2.38 bits per heavy atom. The van der Waals surface area contributed by atoms with Gasteiger partial charge in [0.2, 0.25) is 0 Å². The van der Waals surface area contributed by atoms with Gasteiger partial charge in [-0.25, -0.2) is 4.79 Å². The third-order valence-corrected chi connectivity index (χ3v) is 9.34. The maximum absolute atomic E-state index is 12.1. The number of carbonyl (C=O) groups is 2. The maximum Gasteiger partial charge on any atom is 0.325 e. The summed E-state index contributed by atoms with van der Waals surface area (Å²) >= 11 is 0. The van der Waals surface area contributed by atoms with E-state index in [0.717, 1.165) is 46.5 Å². The molecule has 1 aliphatic heterocycles. The minimum Gasteiger partial charge on any atom is -0.465 e. The average molecular weight is 656 g/mol. The minimum atomic E-state index is -0.541. The van der Waals surface area contributed by atoms with Gasteiger partial charge in [0.05, 0.1) is 25.4 Å². The molecule has 0 radical (unpaired) electrons. The predicted molar refractivity (Wildman–Crippen MR) is 186 cm³/mol. The van der Waals surface area contributed by atoms with Crippen molar-refractivity contribution in [3.8, 4) is 11.1 Å². The van der Waals surface area contributed by atoms with E-state index in [1.807, 2.05) is 42.5 Å². The third kappa shape index (κ3) is 9.32. The van der Waals surface area contributed by atoms with Crippen LogP contribution in [0.2, 0.25) is 0 Å². The number of carbonyl (C=O) groups excluding carboxylic acids is 2. The Balaban J connectivity index is 1.30. The fraction of sp³-hybridized carbons (Fsp3) is 0.436. The summed E-state index contributed by atoms with van der Waals surface area (Å²) in [5.74, 6) is -0.365. The molecule has 0 spiro atoms. The molecule has 0 aromatic heterocycles. The van der Waals surface area contributed by atoms with Gasteiger partial charge in [-0.1, -0.05) is 92.6 Å². The summed E-state index contributed by atoms with van der Waals surface area (Å²) in [7, 11) is 0. The molecule has 5 rings (SSSR count). The summed E-state index contributed by atoms with van der Waals surface area (Å²) in [6.45, 7) is 10.0. The van der Waals surface area contributed by atoms with Crippen LogP contribution in [0, 0.1) is 5.92 Å². The second kappa shape index (κ2) is 17.4. The Morgan fingerprint density at radius 2 is 1.69 bits per heavy atom. The number of hydrogen-bond acceptors (Lipinski definition) is 7. The molecule has 0 unspecified atom stereocenters. The standard InChI is InChI=1S/C39H49N3O6/c1-4-21-42(34-11-6-7-12-34)25-35-27(3)37(31-15-13-28(26-43)14-16-31)48-38(47-35)32-19-17-30(18-20-32)33-10-8-9-29(22-33)23-40-39(45)41-24-36(44)46-5-2/h4,8-10,13-20,22,27,34-35,37-38,43H,1,5-7,11-12,21,23-26H2,2-3H3,(H2,40,41,45)/t27-,35+,37+,38+/m1/s1. The van der Waals surface area contributed by atoms with Gasteiger partial charge in [-0.3, -0.25) is 9.69 Å². The molecule has 3 N–H and O–H groups in total. The topological polar surface area (TPSA) is 109 Å². The summed E-state index contributed by atoms with van der Waals surface area (Å²) in [4.78, 5) is 26.2. The number of ether oxygens (including phenoxy) is 3. The first-order chi connectivity index (χ1) is 23.4. The van der Waals surface area contributed by atoms with Crippen molar-refractivity contribution in [3.05, 3.63) is 108 Å². The highest BCUT2D eigenvalue weighted by Crippen LogP contribution is 2.42. The zero-order chi connectivity index (χ0) is 33.9. The van der Waals surface area contributed by atoms with Gasteiger partial charge in [0, 0.05) is 37.2 Å². The van der Waals surface area contributed by atoms with E-state index >= 15 is 0 Å². The Labute approximate surface area is 284 Å². The first kappa shape index (κ1) is 35.3. The first-order valence-corrected chi connectivity index (χ1v) is 17.1. The number of rotatable bonds is 14. The van der Waals surface area contributed by atoms with Crippen molar-refractivity contribution in [1.29, 1.82) is 0 Å². The van der Waals surface area contributed by atoms with E-state index in [4.69, 9.17) is 14.2 Å². The molecule has 0 bridgehead atoms. The molecule has 2 aliphatic rings. The summed E-state index contributed by atoms with van der Waals surface area (Å²) in [6, 6.07) is 24.4. The molecule has 48 heavy (non-hydrogen) atoms. The monoisotopic (exact) mass is 655 g/mol. The summed E-state index contributed by atoms with van der Waals surface area (Å²) in [6.07, 6.45) is 6.19. The van der Waals surface area contributed by atoms with Crippen LogP contribution in [0.15, 0.2) is 85.5 Å². The van der Waals surface area contributed by atoms with Gasteiger partial charge in [-0.2, -0.15) is 0 Å². The minimum absolute atomic E-state index is 0.00580. The number of nitrogens with one attached hydrogen (secondary N) is 2. The van der Waals surface area contributed by atoms with Crippen LogP contribution in [-0.2, 0) is 32.2 Å². The second-order valence-electron chi connectivity index (χ2n) is 12.7. The molecule has 2 fully saturated rings. The molecule has 9 nitrogen and oxygen atoms in total. The molecule has 1 heterocycles. The Hall–Kier alpha value is -4.02. The number of hydrogen-bond donors (Lipinski definition) is 3. The molecule has 1 aliphatic carbocycles. The molecule has 4 atom stereocenters. The summed E-state index contributed by atoms with van der Waals surface area (Å²) in [5, 5.41) is 14.9. The van der Waals surface area contributed by atoms with Crippen molar-refractivity contribution < 1.29 is 28.9 Å². The van der Waals surface area contributed by atoms with Gasteiger partial charge in [0.1, 0.15) is 6.54 Å².